The van der Waals surface area contributed by atoms with Crippen molar-refractivity contribution in [2.75, 3.05) is 0 Å². The molecule has 2 atom stereocenters. The van der Waals surface area contributed by atoms with Crippen molar-refractivity contribution in [2.24, 2.45) is 11.7 Å². The smallest absolute Gasteiger partial charge is 0.215 e. The first-order chi connectivity index (χ1) is 8.98. The summed E-state index contributed by atoms with van der Waals surface area (Å²) in [5.74, 6) is 1.17. The lowest BCUT2D eigenvalue weighted by molar-refractivity contribution is 0.201. The zero-order valence-electron chi connectivity index (χ0n) is 10.7. The van der Waals surface area contributed by atoms with E-state index >= 15 is 0 Å². The van der Waals surface area contributed by atoms with Crippen LogP contribution in [0, 0.1) is 5.92 Å². The van der Waals surface area contributed by atoms with Crippen molar-refractivity contribution in [3.8, 4) is 0 Å². The third-order valence-electron chi connectivity index (χ3n) is 3.87. The first-order valence-electron chi connectivity index (χ1n) is 6.53. The van der Waals surface area contributed by atoms with Crippen molar-refractivity contribution in [1.29, 1.82) is 0 Å². The Balaban J connectivity index is 2.08. The second-order valence-electron chi connectivity index (χ2n) is 5.61. The highest BCUT2D eigenvalue weighted by Gasteiger charge is 2.37. The number of benzene rings is 1. The standard InChI is InChI=1S/C14H16Cl2N2O/c1-8-3-2-4-14(17,7-8)13-18-11-6-9(15)5-10(16)12(11)19-13/h5-6,8H,2-4,7,17H2,1H3. The van der Waals surface area contributed by atoms with E-state index in [4.69, 9.17) is 33.4 Å². The van der Waals surface area contributed by atoms with Gasteiger partial charge in [0.15, 0.2) is 5.58 Å². The Morgan fingerprint density at radius 1 is 1.42 bits per heavy atom. The van der Waals surface area contributed by atoms with Gasteiger partial charge in [-0.25, -0.2) is 4.98 Å². The van der Waals surface area contributed by atoms with Crippen molar-refractivity contribution in [3.63, 3.8) is 0 Å². The van der Waals surface area contributed by atoms with Crippen LogP contribution in [0.5, 0.6) is 0 Å². The van der Waals surface area contributed by atoms with E-state index in [0.717, 1.165) is 19.3 Å². The molecule has 1 aromatic heterocycles. The number of nitrogens with two attached hydrogens (primary N) is 1. The molecule has 2 N–H and O–H groups in total. The molecule has 1 saturated carbocycles. The van der Waals surface area contributed by atoms with Crippen LogP contribution < -0.4 is 5.73 Å². The summed E-state index contributed by atoms with van der Waals surface area (Å²) in [6.45, 7) is 2.22. The summed E-state index contributed by atoms with van der Waals surface area (Å²) in [5.41, 5.74) is 7.26. The molecule has 0 radical (unpaired) electrons. The molecule has 3 nitrogen and oxygen atoms in total. The van der Waals surface area contributed by atoms with Gasteiger partial charge in [-0.3, -0.25) is 0 Å². The van der Waals surface area contributed by atoms with Crippen molar-refractivity contribution in [1.82, 2.24) is 4.98 Å². The average Bonchev–Trinajstić information content (AvgIpc) is 2.73. The molecule has 0 aliphatic heterocycles. The van der Waals surface area contributed by atoms with Gasteiger partial charge in [0, 0.05) is 5.02 Å². The maximum Gasteiger partial charge on any atom is 0.215 e. The predicted molar refractivity (Wildman–Crippen MR) is 77.5 cm³/mol. The molecule has 19 heavy (non-hydrogen) atoms. The van der Waals surface area contributed by atoms with Crippen LogP contribution >= 0.6 is 23.2 Å². The zero-order valence-corrected chi connectivity index (χ0v) is 12.3. The molecule has 3 rings (SSSR count). The Labute approximate surface area is 122 Å². The molecule has 0 spiro atoms. The Morgan fingerprint density at radius 3 is 2.95 bits per heavy atom. The molecule has 0 amide bonds. The number of halogens is 2. The van der Waals surface area contributed by atoms with Crippen LogP contribution in [0.1, 0.15) is 38.5 Å². The molecular weight excluding hydrogens is 283 g/mol. The van der Waals surface area contributed by atoms with Gasteiger partial charge in [0.2, 0.25) is 5.89 Å². The molecule has 1 aliphatic carbocycles. The van der Waals surface area contributed by atoms with Gasteiger partial charge in [0.1, 0.15) is 5.52 Å². The summed E-state index contributed by atoms with van der Waals surface area (Å²) >= 11 is 12.1. The minimum absolute atomic E-state index is 0.480. The number of oxazole rings is 1. The van der Waals surface area contributed by atoms with Crippen molar-refractivity contribution in [3.05, 3.63) is 28.1 Å². The fraction of sp³-hybridized carbons (Fsp3) is 0.500. The SMILES string of the molecule is CC1CCCC(N)(c2nc3cc(Cl)cc(Cl)c3o2)C1. The summed E-state index contributed by atoms with van der Waals surface area (Å²) < 4.78 is 5.82. The van der Waals surface area contributed by atoms with Crippen LogP contribution in [0.3, 0.4) is 0 Å². The maximum absolute atomic E-state index is 6.49. The van der Waals surface area contributed by atoms with Gasteiger partial charge < -0.3 is 10.2 Å². The van der Waals surface area contributed by atoms with E-state index in [-0.39, 0.29) is 0 Å². The van der Waals surface area contributed by atoms with E-state index in [9.17, 15) is 0 Å². The van der Waals surface area contributed by atoms with Gasteiger partial charge in [-0.1, -0.05) is 43.0 Å². The van der Waals surface area contributed by atoms with E-state index in [1.54, 1.807) is 12.1 Å². The summed E-state index contributed by atoms with van der Waals surface area (Å²) in [6.07, 6.45) is 4.11. The van der Waals surface area contributed by atoms with E-state index in [1.165, 1.54) is 6.42 Å². The van der Waals surface area contributed by atoms with Crippen LogP contribution in [0.2, 0.25) is 10.0 Å². The van der Waals surface area contributed by atoms with E-state index in [0.29, 0.717) is 33.0 Å². The Hall–Kier alpha value is -0.770. The van der Waals surface area contributed by atoms with Crippen LogP contribution in [0.15, 0.2) is 16.5 Å². The largest absolute Gasteiger partial charge is 0.437 e. The van der Waals surface area contributed by atoms with Crippen LogP contribution in [-0.2, 0) is 5.54 Å². The number of aromatic nitrogens is 1. The quantitative estimate of drug-likeness (QED) is 0.843. The van der Waals surface area contributed by atoms with Crippen LogP contribution in [0.4, 0.5) is 0 Å². The van der Waals surface area contributed by atoms with E-state index < -0.39 is 5.54 Å². The van der Waals surface area contributed by atoms with Gasteiger partial charge in [-0.05, 0) is 30.9 Å². The molecule has 1 fully saturated rings. The molecule has 102 valence electrons. The third kappa shape index (κ3) is 2.35. The number of hydrogen-bond acceptors (Lipinski definition) is 3. The van der Waals surface area contributed by atoms with Gasteiger partial charge >= 0.3 is 0 Å². The highest BCUT2D eigenvalue weighted by molar-refractivity contribution is 6.37. The Bertz CT molecular complexity index is 625. The monoisotopic (exact) mass is 298 g/mol. The minimum Gasteiger partial charge on any atom is -0.437 e. The molecule has 1 aromatic carbocycles. The zero-order chi connectivity index (χ0) is 13.6. The van der Waals surface area contributed by atoms with Crippen LogP contribution in [0.25, 0.3) is 11.1 Å². The molecule has 0 bridgehead atoms. The molecule has 1 aliphatic rings. The fourth-order valence-electron chi connectivity index (χ4n) is 2.96. The molecule has 5 heteroatoms. The second kappa shape index (κ2) is 4.65. The summed E-state index contributed by atoms with van der Waals surface area (Å²) in [7, 11) is 0. The lowest BCUT2D eigenvalue weighted by atomic mass is 9.77. The molecule has 2 aromatic rings. The lowest BCUT2D eigenvalue weighted by Gasteiger charge is -2.33. The van der Waals surface area contributed by atoms with Gasteiger partial charge in [0.05, 0.1) is 10.6 Å². The van der Waals surface area contributed by atoms with Crippen molar-refractivity contribution >= 4 is 34.3 Å². The predicted octanol–water partition coefficient (Wildman–Crippen LogP) is 4.50. The third-order valence-corrected chi connectivity index (χ3v) is 4.37. The number of hydrogen-bond donors (Lipinski definition) is 1. The lowest BCUT2D eigenvalue weighted by Crippen LogP contribution is -2.41. The Morgan fingerprint density at radius 2 is 2.21 bits per heavy atom. The second-order valence-corrected chi connectivity index (χ2v) is 6.46. The van der Waals surface area contributed by atoms with Crippen molar-refractivity contribution < 1.29 is 4.42 Å². The average molecular weight is 299 g/mol. The van der Waals surface area contributed by atoms with E-state index in [1.807, 2.05) is 0 Å². The maximum atomic E-state index is 6.49. The minimum atomic E-state index is -0.480. The summed E-state index contributed by atoms with van der Waals surface area (Å²) in [6, 6.07) is 3.42. The molecule has 0 saturated heterocycles. The number of rotatable bonds is 1. The van der Waals surface area contributed by atoms with Crippen LogP contribution in [-0.4, -0.2) is 4.98 Å². The summed E-state index contributed by atoms with van der Waals surface area (Å²) in [4.78, 5) is 4.50. The van der Waals surface area contributed by atoms with Gasteiger partial charge in [-0.15, -0.1) is 0 Å². The summed E-state index contributed by atoms with van der Waals surface area (Å²) in [5, 5.41) is 1.04. The fourth-order valence-corrected chi connectivity index (χ4v) is 3.48. The van der Waals surface area contributed by atoms with E-state index in [2.05, 4.69) is 11.9 Å². The van der Waals surface area contributed by atoms with Gasteiger partial charge in [-0.2, -0.15) is 0 Å². The number of fused-ring (bicyclic) bond motifs is 1. The highest BCUT2D eigenvalue weighted by atomic mass is 35.5. The topological polar surface area (TPSA) is 52.0 Å². The highest BCUT2D eigenvalue weighted by Crippen LogP contribution is 2.39. The van der Waals surface area contributed by atoms with Gasteiger partial charge in [0.25, 0.3) is 0 Å². The normalized spacial score (nSPS) is 27.9. The number of nitrogens with zero attached hydrogens (tertiary/aromatic N) is 1. The molecule has 1 heterocycles. The first kappa shape index (κ1) is 13.2. The molecule has 2 unspecified atom stereocenters. The van der Waals surface area contributed by atoms with Crippen molar-refractivity contribution in [2.45, 2.75) is 38.1 Å². The first-order valence-corrected chi connectivity index (χ1v) is 7.28. The Kier molecular flexibility index (Phi) is 3.24. The molecular formula is C14H16Cl2N2O.